The number of nitro benzene ring substituents is 1. The van der Waals surface area contributed by atoms with Crippen molar-refractivity contribution < 1.29 is 9.72 Å². The molecule has 1 amide bonds. The molecule has 1 saturated heterocycles. The molecule has 0 aromatic heterocycles. The van der Waals surface area contributed by atoms with E-state index in [4.69, 9.17) is 11.6 Å². The minimum absolute atomic E-state index is 0.104. The van der Waals surface area contributed by atoms with Crippen molar-refractivity contribution in [3.8, 4) is 0 Å². The van der Waals surface area contributed by atoms with Crippen LogP contribution in [0, 0.1) is 10.1 Å². The molecule has 2 rings (SSSR count). The van der Waals surface area contributed by atoms with Gasteiger partial charge in [-0.05, 0) is 25.5 Å². The minimum Gasteiger partial charge on any atom is -0.349 e. The van der Waals surface area contributed by atoms with Crippen molar-refractivity contribution in [2.24, 2.45) is 0 Å². The number of hydrogen-bond donors (Lipinski definition) is 1. The van der Waals surface area contributed by atoms with Gasteiger partial charge in [0.2, 0.25) is 0 Å². The number of likely N-dealkylation sites (tertiary alicyclic amines) is 1. The number of halogens is 1. The second-order valence-corrected chi connectivity index (χ2v) is 5.51. The molecule has 114 valence electrons. The van der Waals surface area contributed by atoms with Crippen molar-refractivity contribution in [1.82, 2.24) is 10.2 Å². The lowest BCUT2D eigenvalue weighted by molar-refractivity contribution is -0.384. The number of benzene rings is 1. The number of hydrogen-bond acceptors (Lipinski definition) is 4. The van der Waals surface area contributed by atoms with Crippen LogP contribution < -0.4 is 5.32 Å². The van der Waals surface area contributed by atoms with Crippen molar-refractivity contribution >= 4 is 23.2 Å². The van der Waals surface area contributed by atoms with Gasteiger partial charge in [-0.1, -0.05) is 18.5 Å². The summed E-state index contributed by atoms with van der Waals surface area (Å²) in [4.78, 5) is 24.6. The van der Waals surface area contributed by atoms with Gasteiger partial charge in [-0.15, -0.1) is 0 Å². The van der Waals surface area contributed by atoms with Crippen LogP contribution in [0.4, 0.5) is 5.69 Å². The highest BCUT2D eigenvalue weighted by atomic mass is 35.5. The Kier molecular flexibility index (Phi) is 5.14. The molecule has 21 heavy (non-hydrogen) atoms. The molecule has 1 aliphatic heterocycles. The van der Waals surface area contributed by atoms with E-state index in [0.29, 0.717) is 0 Å². The molecule has 6 nitrogen and oxygen atoms in total. The SMILES string of the molecule is CCN1CCC(NC(=O)c2ccc([N+](=O)[O-])cc2Cl)CC1. The van der Waals surface area contributed by atoms with Crippen molar-refractivity contribution in [3.05, 3.63) is 38.9 Å². The zero-order valence-electron chi connectivity index (χ0n) is 11.8. The van der Waals surface area contributed by atoms with E-state index in [9.17, 15) is 14.9 Å². The highest BCUT2D eigenvalue weighted by Gasteiger charge is 2.22. The molecular formula is C14H18ClN3O3. The summed E-state index contributed by atoms with van der Waals surface area (Å²) in [7, 11) is 0. The smallest absolute Gasteiger partial charge is 0.270 e. The quantitative estimate of drug-likeness (QED) is 0.684. The molecule has 1 aromatic carbocycles. The predicted molar refractivity (Wildman–Crippen MR) is 80.7 cm³/mol. The topological polar surface area (TPSA) is 75.5 Å². The summed E-state index contributed by atoms with van der Waals surface area (Å²) in [5, 5.41) is 13.7. The predicted octanol–water partition coefficient (Wildman–Crippen LogP) is 2.46. The molecule has 1 heterocycles. The fourth-order valence-electron chi connectivity index (χ4n) is 2.46. The van der Waals surface area contributed by atoms with Crippen molar-refractivity contribution in [1.29, 1.82) is 0 Å². The lowest BCUT2D eigenvalue weighted by Crippen LogP contribution is -2.44. The standard InChI is InChI=1S/C14H18ClN3O3/c1-2-17-7-5-10(6-8-17)16-14(19)12-4-3-11(18(20)21)9-13(12)15/h3-4,9-10H,2,5-8H2,1H3,(H,16,19). The Morgan fingerprint density at radius 1 is 1.48 bits per heavy atom. The Hall–Kier alpha value is -1.66. The third-order valence-corrected chi connectivity index (χ3v) is 4.09. The van der Waals surface area contributed by atoms with E-state index in [0.717, 1.165) is 32.5 Å². The van der Waals surface area contributed by atoms with Gasteiger partial charge in [0.25, 0.3) is 11.6 Å². The largest absolute Gasteiger partial charge is 0.349 e. The summed E-state index contributed by atoms with van der Waals surface area (Å²) < 4.78 is 0. The van der Waals surface area contributed by atoms with Crippen LogP contribution in [0.25, 0.3) is 0 Å². The number of nitrogens with zero attached hydrogens (tertiary/aromatic N) is 2. The van der Waals surface area contributed by atoms with Gasteiger partial charge in [-0.2, -0.15) is 0 Å². The van der Waals surface area contributed by atoms with E-state index < -0.39 is 4.92 Å². The van der Waals surface area contributed by atoms with Gasteiger partial charge in [0, 0.05) is 31.3 Å². The molecule has 0 spiro atoms. The van der Waals surface area contributed by atoms with E-state index in [-0.39, 0.29) is 28.2 Å². The van der Waals surface area contributed by atoms with Gasteiger partial charge in [-0.3, -0.25) is 14.9 Å². The van der Waals surface area contributed by atoms with E-state index in [1.165, 1.54) is 18.2 Å². The first kappa shape index (κ1) is 15.7. The second-order valence-electron chi connectivity index (χ2n) is 5.10. The third-order valence-electron chi connectivity index (χ3n) is 3.78. The molecule has 0 bridgehead atoms. The second kappa shape index (κ2) is 6.87. The highest BCUT2D eigenvalue weighted by Crippen LogP contribution is 2.23. The maximum Gasteiger partial charge on any atom is 0.270 e. The Labute approximate surface area is 128 Å². The third kappa shape index (κ3) is 3.92. The summed E-state index contributed by atoms with van der Waals surface area (Å²) in [6.07, 6.45) is 1.81. The Balaban J connectivity index is 1.99. The first-order valence-corrected chi connectivity index (χ1v) is 7.36. The first-order chi connectivity index (χ1) is 10.0. The molecule has 0 saturated carbocycles. The van der Waals surface area contributed by atoms with Gasteiger partial charge < -0.3 is 10.2 Å². The Bertz CT molecular complexity index is 542. The summed E-state index contributed by atoms with van der Waals surface area (Å²) >= 11 is 5.96. The maximum absolute atomic E-state index is 12.2. The average Bonchev–Trinajstić information content (AvgIpc) is 2.47. The number of nitro groups is 1. The molecular weight excluding hydrogens is 294 g/mol. The summed E-state index contributed by atoms with van der Waals surface area (Å²) in [5.41, 5.74) is 0.160. The Morgan fingerprint density at radius 3 is 2.67 bits per heavy atom. The van der Waals surface area contributed by atoms with Gasteiger partial charge in [0.15, 0.2) is 0 Å². The van der Waals surface area contributed by atoms with Crippen molar-refractivity contribution in [3.63, 3.8) is 0 Å². The van der Waals surface area contributed by atoms with Crippen LogP contribution in [-0.2, 0) is 0 Å². The minimum atomic E-state index is -0.534. The van der Waals surface area contributed by atoms with Crippen LogP contribution in [0.2, 0.25) is 5.02 Å². The van der Waals surface area contributed by atoms with Crippen LogP contribution in [0.3, 0.4) is 0 Å². The van der Waals surface area contributed by atoms with Crippen LogP contribution >= 0.6 is 11.6 Å². The summed E-state index contributed by atoms with van der Waals surface area (Å²) in [6, 6.07) is 4.03. The molecule has 0 atom stereocenters. The molecule has 0 aliphatic carbocycles. The van der Waals surface area contributed by atoms with Crippen LogP contribution in [0.5, 0.6) is 0 Å². The number of rotatable bonds is 4. The number of amides is 1. The number of piperidine rings is 1. The summed E-state index contributed by atoms with van der Waals surface area (Å²) in [5.74, 6) is -0.273. The number of carbonyl (C=O) groups is 1. The van der Waals surface area contributed by atoms with E-state index in [1.807, 2.05) is 0 Å². The van der Waals surface area contributed by atoms with Gasteiger partial charge in [0.05, 0.1) is 15.5 Å². The van der Waals surface area contributed by atoms with Crippen molar-refractivity contribution in [2.45, 2.75) is 25.8 Å². The van der Waals surface area contributed by atoms with Gasteiger partial charge in [0.1, 0.15) is 0 Å². The number of nitrogens with one attached hydrogen (secondary N) is 1. The van der Waals surface area contributed by atoms with E-state index in [1.54, 1.807) is 0 Å². The number of non-ortho nitro benzene ring substituents is 1. The van der Waals surface area contributed by atoms with Crippen LogP contribution in [-0.4, -0.2) is 41.4 Å². The molecule has 1 aliphatic rings. The maximum atomic E-state index is 12.2. The monoisotopic (exact) mass is 311 g/mol. The fraction of sp³-hybridized carbons (Fsp3) is 0.500. The molecule has 0 radical (unpaired) electrons. The molecule has 1 aromatic rings. The van der Waals surface area contributed by atoms with E-state index >= 15 is 0 Å². The number of carbonyl (C=O) groups excluding carboxylic acids is 1. The fourth-order valence-corrected chi connectivity index (χ4v) is 2.72. The lowest BCUT2D eigenvalue weighted by Gasteiger charge is -2.31. The lowest BCUT2D eigenvalue weighted by atomic mass is 10.0. The van der Waals surface area contributed by atoms with Gasteiger partial charge in [-0.25, -0.2) is 0 Å². The molecule has 1 N–H and O–H groups in total. The van der Waals surface area contributed by atoms with Gasteiger partial charge >= 0.3 is 0 Å². The molecule has 1 fully saturated rings. The van der Waals surface area contributed by atoms with E-state index in [2.05, 4.69) is 17.1 Å². The normalized spacial score (nSPS) is 16.7. The van der Waals surface area contributed by atoms with Crippen LogP contribution in [0.1, 0.15) is 30.1 Å². The highest BCUT2D eigenvalue weighted by molar-refractivity contribution is 6.34. The zero-order chi connectivity index (χ0) is 15.4. The molecule has 0 unspecified atom stereocenters. The zero-order valence-corrected chi connectivity index (χ0v) is 12.6. The average molecular weight is 312 g/mol. The molecule has 7 heteroatoms. The van der Waals surface area contributed by atoms with Crippen molar-refractivity contribution in [2.75, 3.05) is 19.6 Å². The Morgan fingerprint density at radius 2 is 2.14 bits per heavy atom. The summed E-state index contributed by atoms with van der Waals surface area (Å²) in [6.45, 7) is 5.08. The first-order valence-electron chi connectivity index (χ1n) is 6.98. The van der Waals surface area contributed by atoms with Crippen LogP contribution in [0.15, 0.2) is 18.2 Å².